The number of fused-ring (bicyclic) bond motifs is 1. The summed E-state index contributed by atoms with van der Waals surface area (Å²) >= 11 is 0. The average Bonchev–Trinajstić information content (AvgIpc) is 3.21. The molecule has 0 radical (unpaired) electrons. The van der Waals surface area contributed by atoms with Gasteiger partial charge in [0.2, 0.25) is 15.9 Å². The molecule has 4 rings (SSSR count). The van der Waals surface area contributed by atoms with Crippen LogP contribution < -0.4 is 19.5 Å². The van der Waals surface area contributed by atoms with E-state index < -0.39 is 15.9 Å². The zero-order valence-electron chi connectivity index (χ0n) is 18.4. The first-order valence-corrected chi connectivity index (χ1v) is 12.4. The number of rotatable bonds is 6. The molecule has 0 saturated carbocycles. The molecule has 2 amide bonds. The van der Waals surface area contributed by atoms with Crippen molar-refractivity contribution >= 4 is 21.8 Å². The number of nitrogens with zero attached hydrogens (tertiary/aromatic N) is 1. The van der Waals surface area contributed by atoms with Gasteiger partial charge < -0.3 is 19.7 Å². The molecule has 33 heavy (non-hydrogen) atoms. The summed E-state index contributed by atoms with van der Waals surface area (Å²) in [7, 11) is -2.26. The third kappa shape index (κ3) is 5.12. The number of likely N-dealkylation sites (tertiary alicyclic amines) is 1. The molecule has 2 aromatic rings. The van der Waals surface area contributed by atoms with Crippen LogP contribution in [0.25, 0.3) is 0 Å². The van der Waals surface area contributed by atoms with Crippen molar-refractivity contribution in [1.82, 2.24) is 14.9 Å². The first-order chi connectivity index (χ1) is 15.9. The van der Waals surface area contributed by atoms with Crippen LogP contribution in [0.15, 0.2) is 47.4 Å². The summed E-state index contributed by atoms with van der Waals surface area (Å²) < 4.78 is 37.3. The van der Waals surface area contributed by atoms with Gasteiger partial charge in [-0.1, -0.05) is 6.07 Å². The van der Waals surface area contributed by atoms with Gasteiger partial charge in [-0.05, 0) is 61.9 Å². The lowest BCUT2D eigenvalue weighted by atomic mass is 10.0. The first-order valence-electron chi connectivity index (χ1n) is 10.9. The van der Waals surface area contributed by atoms with Gasteiger partial charge in [0.1, 0.15) is 0 Å². The molecule has 10 heteroatoms. The molecule has 0 aromatic heterocycles. The van der Waals surface area contributed by atoms with Crippen molar-refractivity contribution in [3.63, 3.8) is 0 Å². The highest BCUT2D eigenvalue weighted by Gasteiger charge is 2.31. The largest absolute Gasteiger partial charge is 0.490 e. The minimum atomic E-state index is -3.58. The van der Waals surface area contributed by atoms with E-state index in [0.717, 1.165) is 24.8 Å². The van der Waals surface area contributed by atoms with Gasteiger partial charge in [0.15, 0.2) is 11.5 Å². The summed E-state index contributed by atoms with van der Waals surface area (Å²) in [5, 5.41) is 2.64. The molecular formula is C23H27N3O6S. The van der Waals surface area contributed by atoms with Crippen molar-refractivity contribution in [3.05, 3.63) is 53.6 Å². The summed E-state index contributed by atoms with van der Waals surface area (Å²) in [5.41, 5.74) is 1.26. The van der Waals surface area contributed by atoms with E-state index in [9.17, 15) is 18.0 Å². The predicted molar refractivity (Wildman–Crippen MR) is 121 cm³/mol. The molecule has 1 atom stereocenters. The minimum Gasteiger partial charge on any atom is -0.490 e. The molecule has 0 aliphatic carbocycles. The third-order valence-electron chi connectivity index (χ3n) is 5.83. The smallest absolute Gasteiger partial charge is 0.251 e. The lowest BCUT2D eigenvalue weighted by Crippen LogP contribution is -2.39. The van der Waals surface area contributed by atoms with Gasteiger partial charge in [-0.15, -0.1) is 0 Å². The van der Waals surface area contributed by atoms with Gasteiger partial charge >= 0.3 is 0 Å². The van der Waals surface area contributed by atoms with Gasteiger partial charge in [-0.3, -0.25) is 9.59 Å². The van der Waals surface area contributed by atoms with Crippen LogP contribution in [0.5, 0.6) is 11.5 Å². The lowest BCUT2D eigenvalue weighted by molar-refractivity contribution is -0.131. The van der Waals surface area contributed by atoms with Gasteiger partial charge in [0.25, 0.3) is 5.91 Å². The fourth-order valence-corrected chi connectivity index (χ4v) is 4.79. The van der Waals surface area contributed by atoms with Crippen molar-refractivity contribution in [2.75, 3.05) is 33.4 Å². The molecule has 176 valence electrons. The zero-order valence-corrected chi connectivity index (χ0v) is 19.2. The number of carbonyl (C=O) groups excluding carboxylic acids is 2. The second kappa shape index (κ2) is 9.80. The second-order valence-electron chi connectivity index (χ2n) is 7.92. The van der Waals surface area contributed by atoms with E-state index in [1.165, 1.54) is 31.3 Å². The maximum Gasteiger partial charge on any atom is 0.251 e. The first kappa shape index (κ1) is 23.1. The lowest BCUT2D eigenvalue weighted by Gasteiger charge is -2.26. The molecule has 2 aromatic carbocycles. The molecule has 0 spiro atoms. The van der Waals surface area contributed by atoms with E-state index in [4.69, 9.17) is 9.47 Å². The van der Waals surface area contributed by atoms with Crippen molar-refractivity contribution in [2.45, 2.75) is 30.2 Å². The fraction of sp³-hybridized carbons (Fsp3) is 0.391. The Morgan fingerprint density at radius 3 is 2.48 bits per heavy atom. The minimum absolute atomic E-state index is 0.0627. The summed E-state index contributed by atoms with van der Waals surface area (Å²) in [4.78, 5) is 27.2. The van der Waals surface area contributed by atoms with E-state index in [2.05, 4.69) is 10.0 Å². The van der Waals surface area contributed by atoms with Crippen molar-refractivity contribution in [1.29, 1.82) is 0 Å². The topological polar surface area (TPSA) is 114 Å². The van der Waals surface area contributed by atoms with Gasteiger partial charge in [-0.2, -0.15) is 0 Å². The normalized spacial score (nSPS) is 18.0. The molecular weight excluding hydrogens is 446 g/mol. The molecule has 0 bridgehead atoms. The molecule has 2 N–H and O–H groups in total. The predicted octanol–water partition coefficient (Wildman–Crippen LogP) is 1.85. The van der Waals surface area contributed by atoms with Crippen molar-refractivity contribution in [3.8, 4) is 11.5 Å². The maximum atomic E-state index is 12.9. The highest BCUT2D eigenvalue weighted by Crippen LogP contribution is 2.37. The van der Waals surface area contributed by atoms with E-state index in [-0.39, 0.29) is 29.0 Å². The van der Waals surface area contributed by atoms with Crippen LogP contribution >= 0.6 is 0 Å². The zero-order chi connectivity index (χ0) is 23.4. The number of nitrogens with one attached hydrogen (secondary N) is 2. The van der Waals surface area contributed by atoms with Gasteiger partial charge in [-0.25, -0.2) is 13.1 Å². The number of carbonyl (C=O) groups is 2. The van der Waals surface area contributed by atoms with Crippen LogP contribution in [0.4, 0.5) is 0 Å². The number of sulfonamides is 1. The SMILES string of the molecule is CNS(=O)(=O)c1ccc(C(=O)NCC(=O)N2CCC[C@@H]2c2ccc3c(c2)OCCCO3)cc1. The average molecular weight is 474 g/mol. The molecule has 1 saturated heterocycles. The highest BCUT2D eigenvalue weighted by atomic mass is 32.2. The molecule has 2 aliphatic heterocycles. The number of hydrogen-bond acceptors (Lipinski definition) is 6. The Morgan fingerprint density at radius 1 is 1.03 bits per heavy atom. The highest BCUT2D eigenvalue weighted by molar-refractivity contribution is 7.89. The maximum absolute atomic E-state index is 12.9. The summed E-state index contributed by atoms with van der Waals surface area (Å²) in [6, 6.07) is 11.2. The summed E-state index contributed by atoms with van der Waals surface area (Å²) in [5.74, 6) is 0.796. The van der Waals surface area contributed by atoms with Crippen LogP contribution in [-0.4, -0.2) is 58.5 Å². The molecule has 2 heterocycles. The van der Waals surface area contributed by atoms with Gasteiger partial charge in [0, 0.05) is 18.5 Å². The second-order valence-corrected chi connectivity index (χ2v) is 9.80. The Labute approximate surface area is 193 Å². The molecule has 0 unspecified atom stereocenters. The number of hydrogen-bond donors (Lipinski definition) is 2. The van der Waals surface area contributed by atoms with Crippen LogP contribution in [0.3, 0.4) is 0 Å². The quantitative estimate of drug-likeness (QED) is 0.662. The van der Waals surface area contributed by atoms with Crippen molar-refractivity contribution < 1.29 is 27.5 Å². The van der Waals surface area contributed by atoms with Crippen molar-refractivity contribution in [2.24, 2.45) is 0 Å². The fourth-order valence-electron chi connectivity index (χ4n) is 4.06. The van der Waals surface area contributed by atoms with Crippen LogP contribution in [0.2, 0.25) is 0 Å². The summed E-state index contributed by atoms with van der Waals surface area (Å²) in [6.07, 6.45) is 2.53. The van der Waals surface area contributed by atoms with Gasteiger partial charge in [0.05, 0.1) is 30.7 Å². The summed E-state index contributed by atoms with van der Waals surface area (Å²) in [6.45, 7) is 1.69. The van der Waals surface area contributed by atoms with Crippen LogP contribution in [0, 0.1) is 0 Å². The number of benzene rings is 2. The Morgan fingerprint density at radius 2 is 1.76 bits per heavy atom. The Bertz CT molecular complexity index is 1130. The number of ether oxygens (including phenoxy) is 2. The van der Waals surface area contributed by atoms with Crippen LogP contribution in [0.1, 0.15) is 41.2 Å². The number of amides is 2. The third-order valence-corrected chi connectivity index (χ3v) is 7.26. The van der Waals surface area contributed by atoms with E-state index >= 15 is 0 Å². The Hall–Kier alpha value is -3.11. The Balaban J connectivity index is 1.39. The monoisotopic (exact) mass is 473 g/mol. The van der Waals surface area contributed by atoms with Crippen LogP contribution in [-0.2, 0) is 14.8 Å². The Kier molecular flexibility index (Phi) is 6.85. The van der Waals surface area contributed by atoms with E-state index in [1.54, 1.807) is 4.90 Å². The van der Waals surface area contributed by atoms with E-state index in [1.807, 2.05) is 18.2 Å². The molecule has 2 aliphatic rings. The molecule has 1 fully saturated rings. The molecule has 9 nitrogen and oxygen atoms in total. The standard InChI is InChI=1S/C23H27N3O6S/c1-24-33(29,30)18-8-5-16(6-9-18)23(28)25-15-22(27)26-11-2-4-19(26)17-7-10-20-21(14-17)32-13-3-12-31-20/h5-10,14,19,24H,2-4,11-13,15H2,1H3,(H,25,28)/t19-/m1/s1. The van der Waals surface area contributed by atoms with E-state index in [0.29, 0.717) is 31.3 Å².